The van der Waals surface area contributed by atoms with Crippen molar-refractivity contribution in [3.63, 3.8) is 0 Å². The Balaban J connectivity index is 2.59. The Kier molecular flexibility index (Phi) is 6.60. The number of hydrogen-bond donors (Lipinski definition) is 1. The average Bonchev–Trinajstić information content (AvgIpc) is 2.32. The van der Waals surface area contributed by atoms with Crippen molar-refractivity contribution in [3.8, 4) is 0 Å². The van der Waals surface area contributed by atoms with E-state index in [0.717, 1.165) is 24.2 Å². The fraction of sp³-hybridized carbons (Fsp3) is 0.714. The van der Waals surface area contributed by atoms with Gasteiger partial charge in [-0.05, 0) is 25.7 Å². The topological polar surface area (TPSA) is 51.8 Å². The third-order valence-corrected chi connectivity index (χ3v) is 2.98. The van der Waals surface area contributed by atoms with Crippen LogP contribution in [0.15, 0.2) is 6.20 Å². The minimum Gasteiger partial charge on any atom is -0.382 e. The molecule has 0 spiro atoms. The molecule has 0 atom stereocenters. The van der Waals surface area contributed by atoms with E-state index in [9.17, 15) is 0 Å². The van der Waals surface area contributed by atoms with Gasteiger partial charge >= 0.3 is 0 Å². The van der Waals surface area contributed by atoms with Crippen LogP contribution in [-0.4, -0.2) is 9.97 Å². The van der Waals surface area contributed by atoms with Crippen LogP contribution in [0.5, 0.6) is 0 Å². The SMILES string of the molecule is CCCCCc1ncc(N)nc1CCCCC. The van der Waals surface area contributed by atoms with Gasteiger partial charge in [0.15, 0.2) is 0 Å². The average molecular weight is 235 g/mol. The zero-order valence-electron chi connectivity index (χ0n) is 11.2. The van der Waals surface area contributed by atoms with E-state index < -0.39 is 0 Å². The Labute approximate surface area is 105 Å². The van der Waals surface area contributed by atoms with Crippen molar-refractivity contribution < 1.29 is 0 Å². The summed E-state index contributed by atoms with van der Waals surface area (Å²) < 4.78 is 0. The number of unbranched alkanes of at least 4 members (excludes halogenated alkanes) is 4. The Morgan fingerprint density at radius 3 is 2.12 bits per heavy atom. The molecule has 1 aromatic heterocycles. The molecule has 0 unspecified atom stereocenters. The van der Waals surface area contributed by atoms with Crippen molar-refractivity contribution in [1.82, 2.24) is 9.97 Å². The van der Waals surface area contributed by atoms with Crippen molar-refractivity contribution in [2.45, 2.75) is 65.2 Å². The predicted molar refractivity (Wildman–Crippen MR) is 72.9 cm³/mol. The van der Waals surface area contributed by atoms with E-state index in [-0.39, 0.29) is 0 Å². The highest BCUT2D eigenvalue weighted by Crippen LogP contribution is 2.13. The first-order chi connectivity index (χ1) is 8.27. The molecule has 96 valence electrons. The van der Waals surface area contributed by atoms with Crippen LogP contribution in [0.1, 0.15) is 63.8 Å². The second-order valence-electron chi connectivity index (χ2n) is 4.60. The summed E-state index contributed by atoms with van der Waals surface area (Å²) in [6, 6.07) is 0. The number of anilines is 1. The van der Waals surface area contributed by atoms with Crippen molar-refractivity contribution in [2.75, 3.05) is 5.73 Å². The number of nitrogens with two attached hydrogens (primary N) is 1. The third kappa shape index (κ3) is 5.16. The maximum Gasteiger partial charge on any atom is 0.142 e. The molecule has 0 amide bonds. The van der Waals surface area contributed by atoms with Gasteiger partial charge in [0.05, 0.1) is 17.6 Å². The monoisotopic (exact) mass is 235 g/mol. The van der Waals surface area contributed by atoms with Gasteiger partial charge < -0.3 is 5.73 Å². The van der Waals surface area contributed by atoms with Gasteiger partial charge in [0.25, 0.3) is 0 Å². The van der Waals surface area contributed by atoms with Crippen LogP contribution in [0, 0.1) is 0 Å². The second kappa shape index (κ2) is 8.04. The standard InChI is InChI=1S/C14H25N3/c1-3-5-7-9-12-13(10-8-6-4-2)17-14(15)11-16-12/h11H,3-10H2,1-2H3,(H2,15,17). The molecule has 0 aliphatic rings. The fourth-order valence-corrected chi connectivity index (χ4v) is 1.96. The Bertz CT molecular complexity index is 323. The lowest BCUT2D eigenvalue weighted by Crippen LogP contribution is -2.05. The Hall–Kier alpha value is -1.12. The molecule has 0 aromatic carbocycles. The van der Waals surface area contributed by atoms with E-state index >= 15 is 0 Å². The molecule has 3 heteroatoms. The summed E-state index contributed by atoms with van der Waals surface area (Å²) in [5.74, 6) is 0.552. The van der Waals surface area contributed by atoms with Gasteiger partial charge in [-0.2, -0.15) is 0 Å². The van der Waals surface area contributed by atoms with Gasteiger partial charge in [-0.3, -0.25) is 4.98 Å². The third-order valence-electron chi connectivity index (χ3n) is 2.98. The first-order valence-corrected chi connectivity index (χ1v) is 6.88. The van der Waals surface area contributed by atoms with E-state index in [1.807, 2.05) is 0 Å². The van der Waals surface area contributed by atoms with E-state index in [1.165, 1.54) is 38.5 Å². The molecule has 1 rings (SSSR count). The molecule has 0 saturated carbocycles. The van der Waals surface area contributed by atoms with Crippen LogP contribution in [-0.2, 0) is 12.8 Å². The molecule has 2 N–H and O–H groups in total. The molecule has 1 heterocycles. The Morgan fingerprint density at radius 1 is 0.941 bits per heavy atom. The molecule has 1 aromatic rings. The van der Waals surface area contributed by atoms with Crippen LogP contribution >= 0.6 is 0 Å². The molecule has 3 nitrogen and oxygen atoms in total. The number of aromatic nitrogens is 2. The molecule has 0 aliphatic carbocycles. The second-order valence-corrected chi connectivity index (χ2v) is 4.60. The smallest absolute Gasteiger partial charge is 0.142 e. The van der Waals surface area contributed by atoms with E-state index in [1.54, 1.807) is 6.20 Å². The number of hydrogen-bond acceptors (Lipinski definition) is 3. The molecule has 0 radical (unpaired) electrons. The maximum absolute atomic E-state index is 5.71. The van der Waals surface area contributed by atoms with Crippen molar-refractivity contribution in [1.29, 1.82) is 0 Å². The number of nitrogens with zero attached hydrogens (tertiary/aromatic N) is 2. The largest absolute Gasteiger partial charge is 0.382 e. The zero-order chi connectivity index (χ0) is 12.5. The van der Waals surface area contributed by atoms with Gasteiger partial charge in [0, 0.05) is 0 Å². The number of aryl methyl sites for hydroxylation is 2. The fourth-order valence-electron chi connectivity index (χ4n) is 1.96. The van der Waals surface area contributed by atoms with Gasteiger partial charge in [-0.15, -0.1) is 0 Å². The van der Waals surface area contributed by atoms with E-state index in [0.29, 0.717) is 5.82 Å². The minimum atomic E-state index is 0.552. The summed E-state index contributed by atoms with van der Waals surface area (Å²) in [5.41, 5.74) is 7.99. The summed E-state index contributed by atoms with van der Waals surface area (Å²) in [4.78, 5) is 8.88. The molecule has 0 aliphatic heterocycles. The summed E-state index contributed by atoms with van der Waals surface area (Å²) in [6.45, 7) is 4.43. The van der Waals surface area contributed by atoms with Gasteiger partial charge in [-0.25, -0.2) is 4.98 Å². The van der Waals surface area contributed by atoms with Crippen molar-refractivity contribution in [2.24, 2.45) is 0 Å². The molecular weight excluding hydrogens is 210 g/mol. The van der Waals surface area contributed by atoms with Crippen molar-refractivity contribution >= 4 is 5.82 Å². The maximum atomic E-state index is 5.71. The Morgan fingerprint density at radius 2 is 1.53 bits per heavy atom. The lowest BCUT2D eigenvalue weighted by molar-refractivity contribution is 0.672. The molecule has 0 fully saturated rings. The quantitative estimate of drug-likeness (QED) is 0.701. The summed E-state index contributed by atoms with van der Waals surface area (Å²) >= 11 is 0. The molecule has 17 heavy (non-hydrogen) atoms. The lowest BCUT2D eigenvalue weighted by Gasteiger charge is -2.08. The molecule has 0 bridgehead atoms. The minimum absolute atomic E-state index is 0.552. The first kappa shape index (κ1) is 13.9. The summed E-state index contributed by atoms with van der Waals surface area (Å²) in [5, 5.41) is 0. The molecule has 0 saturated heterocycles. The summed E-state index contributed by atoms with van der Waals surface area (Å²) in [6.07, 6.45) is 11.1. The van der Waals surface area contributed by atoms with Gasteiger partial charge in [-0.1, -0.05) is 39.5 Å². The number of rotatable bonds is 8. The van der Waals surface area contributed by atoms with Gasteiger partial charge in [0.2, 0.25) is 0 Å². The lowest BCUT2D eigenvalue weighted by atomic mass is 10.1. The van der Waals surface area contributed by atoms with E-state index in [2.05, 4.69) is 23.8 Å². The highest BCUT2D eigenvalue weighted by molar-refractivity contribution is 5.27. The van der Waals surface area contributed by atoms with Gasteiger partial charge in [0.1, 0.15) is 5.82 Å². The highest BCUT2D eigenvalue weighted by Gasteiger charge is 2.06. The van der Waals surface area contributed by atoms with E-state index in [4.69, 9.17) is 5.73 Å². The predicted octanol–water partition coefficient (Wildman–Crippen LogP) is 3.52. The highest BCUT2D eigenvalue weighted by atomic mass is 14.9. The van der Waals surface area contributed by atoms with Crippen LogP contribution < -0.4 is 5.73 Å². The van der Waals surface area contributed by atoms with Crippen LogP contribution in [0.3, 0.4) is 0 Å². The van der Waals surface area contributed by atoms with Crippen LogP contribution in [0.25, 0.3) is 0 Å². The zero-order valence-corrected chi connectivity index (χ0v) is 11.2. The van der Waals surface area contributed by atoms with Crippen molar-refractivity contribution in [3.05, 3.63) is 17.6 Å². The van der Waals surface area contributed by atoms with Crippen LogP contribution in [0.4, 0.5) is 5.82 Å². The normalized spacial score (nSPS) is 10.7. The number of nitrogen functional groups attached to an aromatic ring is 1. The molecular formula is C14H25N3. The summed E-state index contributed by atoms with van der Waals surface area (Å²) in [7, 11) is 0. The first-order valence-electron chi connectivity index (χ1n) is 6.88. The van der Waals surface area contributed by atoms with Crippen LogP contribution in [0.2, 0.25) is 0 Å².